The van der Waals surface area contributed by atoms with Gasteiger partial charge < -0.3 is 0 Å². The van der Waals surface area contributed by atoms with Gasteiger partial charge in [-0.05, 0) is 4.57 Å². The summed E-state index contributed by atoms with van der Waals surface area (Å²) in [7, 11) is -1.17. The summed E-state index contributed by atoms with van der Waals surface area (Å²) in [4.78, 5) is 20.3. The van der Waals surface area contributed by atoms with E-state index in [0.717, 1.165) is 5.56 Å². The molecule has 1 aromatic rings. The van der Waals surface area contributed by atoms with Crippen LogP contribution in [0, 0.1) is 0 Å². The number of benzene rings is 1. The fraction of sp³-hybridized carbons (Fsp3) is 0. The monoisotopic (exact) mass is 210 g/mol. The molecule has 0 aromatic heterocycles. The van der Waals surface area contributed by atoms with Gasteiger partial charge in [0.25, 0.3) is 0 Å². The van der Waals surface area contributed by atoms with Crippen LogP contribution in [0.2, 0.25) is 0 Å². The molecular formula is C9H9NO3P+. The van der Waals surface area contributed by atoms with Gasteiger partial charge in [0.05, 0.1) is 5.70 Å². The van der Waals surface area contributed by atoms with Gasteiger partial charge in [0.15, 0.2) is 0 Å². The predicted molar refractivity (Wildman–Crippen MR) is 54.8 cm³/mol. The molecule has 0 heterocycles. The molecule has 4 nitrogen and oxygen atoms in total. The molecule has 0 aliphatic rings. The Bertz CT molecular complexity index is 344. The minimum atomic E-state index is -1.17. The summed E-state index contributed by atoms with van der Waals surface area (Å²) in [6.07, 6.45) is 1.44. The summed E-state index contributed by atoms with van der Waals surface area (Å²) in [5.74, 6) is 0. The van der Waals surface area contributed by atoms with Crippen LogP contribution in [-0.2, 0) is 9.36 Å². The molecule has 0 radical (unpaired) electrons. The third-order valence-corrected chi connectivity index (χ3v) is 1.29. The van der Waals surface area contributed by atoms with E-state index in [1.165, 1.54) is 6.08 Å². The van der Waals surface area contributed by atoms with E-state index >= 15 is 0 Å². The maximum Gasteiger partial charge on any atom is 0.491 e. The number of nitrogens with zero attached hydrogens (tertiary/aromatic N) is 1. The van der Waals surface area contributed by atoms with Crippen molar-refractivity contribution in [3.05, 3.63) is 42.5 Å². The maximum atomic E-state index is 9.84. The first-order valence-electron chi connectivity index (χ1n) is 3.59. The van der Waals surface area contributed by atoms with Crippen LogP contribution in [0.25, 0.3) is 5.70 Å². The predicted octanol–water partition coefficient (Wildman–Crippen LogP) is 1.91. The topological polar surface area (TPSA) is 66.7 Å². The second kappa shape index (κ2) is 8.02. The molecule has 1 rings (SSSR count). The highest BCUT2D eigenvalue weighted by Gasteiger charge is 1.92. The van der Waals surface area contributed by atoms with Gasteiger partial charge in [0.1, 0.15) is 0 Å². The molecule has 0 bridgehead atoms. The quantitative estimate of drug-likeness (QED) is 0.460. The van der Waals surface area contributed by atoms with Gasteiger partial charge in [-0.25, -0.2) is 4.79 Å². The van der Waals surface area contributed by atoms with Crippen molar-refractivity contribution in [3.63, 3.8) is 0 Å². The molecular weight excluding hydrogens is 201 g/mol. The summed E-state index contributed by atoms with van der Waals surface area (Å²) in [6, 6.07) is 9.29. The second-order valence-corrected chi connectivity index (χ2v) is 2.29. The van der Waals surface area contributed by atoms with Crippen LogP contribution >= 0.6 is 8.69 Å². The molecule has 14 heavy (non-hydrogen) atoms. The Hall–Kier alpha value is -1.60. The third-order valence-electron chi connectivity index (χ3n) is 1.29. The molecule has 0 aliphatic heterocycles. The molecule has 1 atom stereocenters. The smallest absolute Gasteiger partial charge is 0.211 e. The average molecular weight is 210 g/mol. The van der Waals surface area contributed by atoms with E-state index in [-0.39, 0.29) is 0 Å². The van der Waals surface area contributed by atoms with Crippen molar-refractivity contribution in [1.29, 1.82) is 0 Å². The van der Waals surface area contributed by atoms with E-state index in [1.54, 1.807) is 0 Å². The van der Waals surface area contributed by atoms with Crippen LogP contribution in [0.5, 0.6) is 0 Å². The molecule has 1 aromatic carbocycles. The Morgan fingerprint density at radius 1 is 1.43 bits per heavy atom. The van der Waals surface area contributed by atoms with Crippen molar-refractivity contribution < 1.29 is 14.3 Å². The van der Waals surface area contributed by atoms with Crippen molar-refractivity contribution in [2.75, 3.05) is 0 Å². The van der Waals surface area contributed by atoms with Crippen LogP contribution in [0.4, 0.5) is 0 Å². The second-order valence-electron chi connectivity index (χ2n) is 2.11. The summed E-state index contributed by atoms with van der Waals surface area (Å²) in [6.45, 7) is 3.59. The maximum absolute atomic E-state index is 9.84. The number of isocyanates is 1. The lowest BCUT2D eigenvalue weighted by atomic mass is 10.2. The number of carbonyl (C=O) groups excluding carboxylic acids is 1. The van der Waals surface area contributed by atoms with E-state index in [2.05, 4.69) is 11.6 Å². The van der Waals surface area contributed by atoms with Gasteiger partial charge in [0, 0.05) is 5.56 Å². The Balaban J connectivity index is 0.000000500. The average Bonchev–Trinajstić information content (AvgIpc) is 2.21. The van der Waals surface area contributed by atoms with Gasteiger partial charge in [-0.3, -0.25) is 0 Å². The first-order chi connectivity index (χ1) is 6.76. The van der Waals surface area contributed by atoms with Gasteiger partial charge in [-0.2, -0.15) is 9.89 Å². The Labute approximate surface area is 82.9 Å². The first kappa shape index (κ1) is 12.4. The number of hydrogen-bond acceptors (Lipinski definition) is 3. The number of rotatable bonds is 2. The van der Waals surface area contributed by atoms with E-state index in [0.29, 0.717) is 5.70 Å². The summed E-state index contributed by atoms with van der Waals surface area (Å²) >= 11 is 0. The van der Waals surface area contributed by atoms with Crippen LogP contribution in [0.1, 0.15) is 5.56 Å². The van der Waals surface area contributed by atoms with Crippen molar-refractivity contribution in [3.8, 4) is 0 Å². The summed E-state index contributed by atoms with van der Waals surface area (Å²) in [5, 5.41) is 0. The fourth-order valence-corrected chi connectivity index (χ4v) is 0.750. The normalized spacial score (nSPS) is 8.07. The number of aliphatic imine (C=N–C) groups is 1. The lowest BCUT2D eigenvalue weighted by Gasteiger charge is -1.94. The molecule has 0 aliphatic carbocycles. The molecule has 0 amide bonds. The van der Waals surface area contributed by atoms with Crippen molar-refractivity contribution in [2.24, 2.45) is 4.99 Å². The summed E-state index contributed by atoms with van der Waals surface area (Å²) in [5.41, 5.74) is 1.29. The van der Waals surface area contributed by atoms with Crippen LogP contribution in [0.3, 0.4) is 0 Å². The van der Waals surface area contributed by atoms with Crippen molar-refractivity contribution in [1.82, 2.24) is 0 Å². The molecule has 0 spiro atoms. The molecule has 5 heteroatoms. The molecule has 1 unspecified atom stereocenters. The van der Waals surface area contributed by atoms with E-state index in [1.807, 2.05) is 30.3 Å². The SMILES string of the molecule is C=C(N=C=O)c1ccccc1.O=[PH+]O. The Morgan fingerprint density at radius 2 is 1.93 bits per heavy atom. The van der Waals surface area contributed by atoms with Crippen LogP contribution in [0.15, 0.2) is 41.9 Å². The Kier molecular flexibility index (Phi) is 7.10. The molecule has 0 saturated heterocycles. The minimum Gasteiger partial charge on any atom is -0.211 e. The van der Waals surface area contributed by atoms with Gasteiger partial charge in [0.2, 0.25) is 6.08 Å². The van der Waals surface area contributed by atoms with E-state index in [9.17, 15) is 4.79 Å². The highest BCUT2D eigenvalue weighted by Crippen LogP contribution is 2.10. The largest absolute Gasteiger partial charge is 0.491 e. The number of hydrogen-bond donors (Lipinski definition) is 1. The zero-order valence-electron chi connectivity index (χ0n) is 7.30. The zero-order chi connectivity index (χ0) is 10.8. The third kappa shape index (κ3) is 5.12. The molecule has 1 N–H and O–H groups in total. The van der Waals surface area contributed by atoms with Gasteiger partial charge >= 0.3 is 8.69 Å². The molecule has 0 fully saturated rings. The van der Waals surface area contributed by atoms with E-state index < -0.39 is 8.69 Å². The van der Waals surface area contributed by atoms with E-state index in [4.69, 9.17) is 9.46 Å². The van der Waals surface area contributed by atoms with Gasteiger partial charge in [-0.15, -0.1) is 0 Å². The van der Waals surface area contributed by atoms with Crippen LogP contribution < -0.4 is 0 Å². The van der Waals surface area contributed by atoms with Gasteiger partial charge in [-0.1, -0.05) is 36.9 Å². The first-order valence-corrected chi connectivity index (χ1v) is 4.45. The highest BCUT2D eigenvalue weighted by atomic mass is 31.1. The molecule has 72 valence electrons. The van der Waals surface area contributed by atoms with Crippen molar-refractivity contribution in [2.45, 2.75) is 0 Å². The Morgan fingerprint density at radius 3 is 2.36 bits per heavy atom. The standard InChI is InChI=1S/C9H7NO.HO2P/c1-8(10-7-11)9-5-3-2-4-6-9;1-3-2/h2-6H,1H2;3H/p+1. The lowest BCUT2D eigenvalue weighted by molar-refractivity contribution is 0.524. The fourth-order valence-electron chi connectivity index (χ4n) is 0.750. The van der Waals surface area contributed by atoms with Crippen LogP contribution in [-0.4, -0.2) is 11.0 Å². The zero-order valence-corrected chi connectivity index (χ0v) is 8.30. The van der Waals surface area contributed by atoms with Crippen molar-refractivity contribution >= 4 is 20.5 Å². The highest BCUT2D eigenvalue weighted by molar-refractivity contribution is 7.16. The minimum absolute atomic E-state index is 0.445. The molecule has 0 saturated carbocycles. The summed E-state index contributed by atoms with van der Waals surface area (Å²) < 4.78 is 8.51. The lowest BCUT2D eigenvalue weighted by Crippen LogP contribution is -1.75.